The van der Waals surface area contributed by atoms with Crippen LogP contribution in [0.15, 0.2) is 64.5 Å². The second-order valence-corrected chi connectivity index (χ2v) is 7.68. The summed E-state index contributed by atoms with van der Waals surface area (Å²) in [6.45, 7) is 0. The van der Waals surface area contributed by atoms with Gasteiger partial charge < -0.3 is 9.72 Å². The molecule has 30 heavy (non-hydrogen) atoms. The lowest BCUT2D eigenvalue weighted by molar-refractivity contribution is 0.415. The van der Waals surface area contributed by atoms with Gasteiger partial charge in [-0.3, -0.25) is 4.79 Å². The molecule has 0 atom stereocenters. The number of fused-ring (bicyclic) bond motifs is 1. The summed E-state index contributed by atoms with van der Waals surface area (Å²) in [7, 11) is 1.57. The number of benzene rings is 2. The maximum Gasteiger partial charge on any atom is 0.270 e. The van der Waals surface area contributed by atoms with E-state index in [1.54, 1.807) is 31.4 Å². The van der Waals surface area contributed by atoms with E-state index in [9.17, 15) is 10.1 Å². The molecule has 0 unspecified atom stereocenters. The normalized spacial score (nSPS) is 10.7. The first-order valence-corrected chi connectivity index (χ1v) is 10.3. The summed E-state index contributed by atoms with van der Waals surface area (Å²) in [5.74, 6) is 1.14. The second kappa shape index (κ2) is 8.57. The second-order valence-electron chi connectivity index (χ2n) is 6.35. The Bertz CT molecular complexity index is 1330. The van der Waals surface area contributed by atoms with Gasteiger partial charge in [-0.25, -0.2) is 9.97 Å². The van der Waals surface area contributed by atoms with Gasteiger partial charge in [-0.2, -0.15) is 5.26 Å². The molecule has 4 rings (SSSR count). The van der Waals surface area contributed by atoms with Crippen LogP contribution in [0.4, 0.5) is 0 Å². The Morgan fingerprint density at radius 3 is 2.67 bits per heavy atom. The van der Waals surface area contributed by atoms with Crippen molar-refractivity contribution < 1.29 is 4.74 Å². The zero-order valence-electron chi connectivity index (χ0n) is 15.8. The zero-order valence-corrected chi connectivity index (χ0v) is 17.4. The molecule has 2 aromatic heterocycles. The Kier molecular flexibility index (Phi) is 5.70. The van der Waals surface area contributed by atoms with Crippen LogP contribution in [-0.2, 0) is 5.75 Å². The number of H-pyrrole nitrogens is 1. The minimum Gasteiger partial charge on any atom is -0.497 e. The number of nitriles is 1. The standard InChI is InChI=1S/C22H15ClN4O2S/c1-29-16-8-6-13(7-9-16)19-17(11-24)21(28)27-22(26-19)30-12-15-10-14-4-2-3-5-18(14)25-20(15)23/h2-10H,12H2,1H3,(H,26,27,28). The summed E-state index contributed by atoms with van der Waals surface area (Å²) >= 11 is 7.65. The monoisotopic (exact) mass is 434 g/mol. The maximum absolute atomic E-state index is 12.4. The number of halogens is 1. The van der Waals surface area contributed by atoms with Crippen LogP contribution >= 0.6 is 23.4 Å². The molecular formula is C22H15ClN4O2S. The number of ether oxygens (including phenoxy) is 1. The van der Waals surface area contributed by atoms with E-state index >= 15 is 0 Å². The molecule has 0 bridgehead atoms. The lowest BCUT2D eigenvalue weighted by atomic mass is 10.1. The maximum atomic E-state index is 12.4. The largest absolute Gasteiger partial charge is 0.497 e. The van der Waals surface area contributed by atoms with Gasteiger partial charge in [0.25, 0.3) is 5.56 Å². The molecule has 0 saturated heterocycles. The third-order valence-corrected chi connectivity index (χ3v) is 5.74. The summed E-state index contributed by atoms with van der Waals surface area (Å²) in [5.41, 5.74) is 2.12. The first-order valence-electron chi connectivity index (χ1n) is 8.95. The van der Waals surface area contributed by atoms with Gasteiger partial charge in [0.1, 0.15) is 22.5 Å². The third kappa shape index (κ3) is 4.01. The molecule has 0 aliphatic rings. The van der Waals surface area contributed by atoms with Crippen molar-refractivity contribution in [2.45, 2.75) is 10.9 Å². The molecule has 0 fully saturated rings. The first kappa shape index (κ1) is 20.0. The fourth-order valence-electron chi connectivity index (χ4n) is 2.97. The van der Waals surface area contributed by atoms with E-state index in [0.29, 0.717) is 33.1 Å². The minimum absolute atomic E-state index is 0.0325. The fourth-order valence-corrected chi connectivity index (χ4v) is 4.09. The van der Waals surface area contributed by atoms with Gasteiger partial charge in [-0.15, -0.1) is 0 Å². The predicted molar refractivity (Wildman–Crippen MR) is 118 cm³/mol. The lowest BCUT2D eigenvalue weighted by Crippen LogP contribution is -2.14. The van der Waals surface area contributed by atoms with Gasteiger partial charge >= 0.3 is 0 Å². The molecule has 0 spiro atoms. The van der Waals surface area contributed by atoms with E-state index < -0.39 is 5.56 Å². The van der Waals surface area contributed by atoms with Gasteiger partial charge in [-0.1, -0.05) is 41.6 Å². The molecule has 0 radical (unpaired) electrons. The Morgan fingerprint density at radius 1 is 1.17 bits per heavy atom. The van der Waals surface area contributed by atoms with E-state index in [0.717, 1.165) is 16.5 Å². The molecule has 4 aromatic rings. The van der Waals surface area contributed by atoms with E-state index in [1.165, 1.54) is 11.8 Å². The number of methoxy groups -OCH3 is 1. The van der Waals surface area contributed by atoms with Crippen LogP contribution in [0.2, 0.25) is 5.15 Å². The molecular weight excluding hydrogens is 420 g/mol. The molecule has 148 valence electrons. The Hall–Kier alpha value is -3.34. The summed E-state index contributed by atoms with van der Waals surface area (Å²) in [6, 6.07) is 18.7. The predicted octanol–water partition coefficient (Wildman–Crippen LogP) is 4.81. The van der Waals surface area contributed by atoms with Crippen LogP contribution in [0.1, 0.15) is 11.1 Å². The molecule has 2 aromatic carbocycles. The van der Waals surface area contributed by atoms with Crippen LogP contribution in [0.3, 0.4) is 0 Å². The molecule has 6 nitrogen and oxygen atoms in total. The molecule has 8 heteroatoms. The minimum atomic E-state index is -0.483. The van der Waals surface area contributed by atoms with Crippen LogP contribution in [0, 0.1) is 11.3 Å². The number of hydrogen-bond acceptors (Lipinski definition) is 6. The zero-order chi connectivity index (χ0) is 21.1. The SMILES string of the molecule is COc1ccc(-c2nc(SCc3cc4ccccc4nc3Cl)[nH]c(=O)c2C#N)cc1. The number of nitrogens with one attached hydrogen (secondary N) is 1. The summed E-state index contributed by atoms with van der Waals surface area (Å²) in [6.07, 6.45) is 0. The quantitative estimate of drug-likeness (QED) is 0.275. The molecule has 2 heterocycles. The van der Waals surface area contributed by atoms with Crippen molar-refractivity contribution in [3.8, 4) is 23.1 Å². The van der Waals surface area contributed by atoms with E-state index in [2.05, 4.69) is 15.0 Å². The van der Waals surface area contributed by atoms with Crippen molar-refractivity contribution in [2.75, 3.05) is 7.11 Å². The van der Waals surface area contributed by atoms with Crippen molar-refractivity contribution in [3.05, 3.63) is 81.2 Å². The van der Waals surface area contributed by atoms with Gasteiger partial charge in [0.15, 0.2) is 5.16 Å². The molecule has 0 aliphatic carbocycles. The molecule has 0 aliphatic heterocycles. The number of rotatable bonds is 5. The van der Waals surface area contributed by atoms with Crippen LogP contribution in [0.25, 0.3) is 22.2 Å². The van der Waals surface area contributed by atoms with Crippen molar-refractivity contribution in [3.63, 3.8) is 0 Å². The number of aromatic nitrogens is 3. The van der Waals surface area contributed by atoms with Crippen molar-refractivity contribution in [1.82, 2.24) is 15.0 Å². The van der Waals surface area contributed by atoms with Crippen LogP contribution < -0.4 is 10.3 Å². The van der Waals surface area contributed by atoms with Gasteiger partial charge in [0.2, 0.25) is 0 Å². The molecule has 0 amide bonds. The van der Waals surface area contributed by atoms with Crippen molar-refractivity contribution >= 4 is 34.3 Å². The highest BCUT2D eigenvalue weighted by Gasteiger charge is 2.15. The number of pyridine rings is 1. The van der Waals surface area contributed by atoms with E-state index in [4.69, 9.17) is 16.3 Å². The van der Waals surface area contributed by atoms with Gasteiger partial charge in [0.05, 0.1) is 18.3 Å². The Morgan fingerprint density at radius 2 is 1.93 bits per heavy atom. The smallest absolute Gasteiger partial charge is 0.270 e. The average Bonchev–Trinajstić information content (AvgIpc) is 2.77. The first-order chi connectivity index (χ1) is 14.6. The fraction of sp³-hybridized carbons (Fsp3) is 0.0909. The van der Waals surface area contributed by atoms with Crippen LogP contribution in [-0.4, -0.2) is 22.1 Å². The lowest BCUT2D eigenvalue weighted by Gasteiger charge is -2.08. The number of para-hydroxylation sites is 1. The topological polar surface area (TPSA) is 91.7 Å². The highest BCUT2D eigenvalue weighted by atomic mass is 35.5. The van der Waals surface area contributed by atoms with Gasteiger partial charge in [-0.05, 0) is 36.4 Å². The Balaban J connectivity index is 1.67. The summed E-state index contributed by atoms with van der Waals surface area (Å²) in [5, 5.41) is 11.2. The summed E-state index contributed by atoms with van der Waals surface area (Å²) in [4.78, 5) is 24.1. The van der Waals surface area contributed by atoms with Crippen molar-refractivity contribution in [2.24, 2.45) is 0 Å². The van der Waals surface area contributed by atoms with Crippen LogP contribution in [0.5, 0.6) is 5.75 Å². The highest BCUT2D eigenvalue weighted by Crippen LogP contribution is 2.28. The van der Waals surface area contributed by atoms with Crippen molar-refractivity contribution in [1.29, 1.82) is 5.26 Å². The highest BCUT2D eigenvalue weighted by molar-refractivity contribution is 7.98. The van der Waals surface area contributed by atoms with E-state index in [-0.39, 0.29) is 5.56 Å². The third-order valence-electron chi connectivity index (χ3n) is 4.49. The average molecular weight is 435 g/mol. The molecule has 0 saturated carbocycles. The number of hydrogen-bond donors (Lipinski definition) is 1. The van der Waals surface area contributed by atoms with E-state index in [1.807, 2.05) is 36.4 Å². The Labute approximate surface area is 181 Å². The summed E-state index contributed by atoms with van der Waals surface area (Å²) < 4.78 is 5.16. The molecule has 1 N–H and O–H groups in total. The number of aromatic amines is 1. The van der Waals surface area contributed by atoms with Gasteiger partial charge in [0, 0.05) is 22.3 Å². The number of nitrogens with zero attached hydrogens (tertiary/aromatic N) is 3. The number of thioether (sulfide) groups is 1.